The van der Waals surface area contributed by atoms with Gasteiger partial charge < -0.3 is 14.5 Å². The number of fused-ring (bicyclic) bond motifs is 1. The van der Waals surface area contributed by atoms with Gasteiger partial charge in [0.25, 0.3) is 5.91 Å². The van der Waals surface area contributed by atoms with E-state index >= 15 is 0 Å². The number of rotatable bonds is 3. The molecule has 1 N–H and O–H groups in total. The summed E-state index contributed by atoms with van der Waals surface area (Å²) < 4.78 is 12.7. The van der Waals surface area contributed by atoms with E-state index in [-0.39, 0.29) is 5.91 Å². The maximum absolute atomic E-state index is 12.2. The van der Waals surface area contributed by atoms with Crippen molar-refractivity contribution in [3.05, 3.63) is 40.1 Å². The molecule has 1 aliphatic rings. The van der Waals surface area contributed by atoms with Gasteiger partial charge in [0, 0.05) is 24.7 Å². The van der Waals surface area contributed by atoms with E-state index in [4.69, 9.17) is 9.15 Å². The summed E-state index contributed by atoms with van der Waals surface area (Å²) in [5.41, 5.74) is 3.75. The number of hydrogen-bond donors (Lipinski definition) is 1. The zero-order valence-corrected chi connectivity index (χ0v) is 12.5. The van der Waals surface area contributed by atoms with E-state index in [1.165, 1.54) is 5.69 Å². The number of amides is 1. The number of aromatic nitrogens is 2. The molecular formula is C15H19N3O3. The van der Waals surface area contributed by atoms with Crippen LogP contribution in [0.15, 0.2) is 10.5 Å². The lowest BCUT2D eigenvalue weighted by Gasteiger charge is -2.13. The maximum Gasteiger partial charge on any atom is 0.255 e. The Kier molecular flexibility index (Phi) is 3.55. The fourth-order valence-electron chi connectivity index (χ4n) is 2.74. The molecule has 0 spiro atoms. The van der Waals surface area contributed by atoms with Crippen molar-refractivity contribution in [2.24, 2.45) is 7.05 Å². The first-order chi connectivity index (χ1) is 10.1. The Morgan fingerprint density at radius 2 is 2.29 bits per heavy atom. The van der Waals surface area contributed by atoms with Gasteiger partial charge in [0.15, 0.2) is 0 Å². The molecule has 0 saturated carbocycles. The van der Waals surface area contributed by atoms with Crippen molar-refractivity contribution in [1.82, 2.24) is 15.1 Å². The van der Waals surface area contributed by atoms with Gasteiger partial charge in [-0.05, 0) is 19.9 Å². The fourth-order valence-corrected chi connectivity index (χ4v) is 2.74. The molecule has 0 atom stereocenters. The highest BCUT2D eigenvalue weighted by Gasteiger charge is 2.20. The smallest absolute Gasteiger partial charge is 0.255 e. The molecule has 6 nitrogen and oxygen atoms in total. The standard InChI is InChI=1S/C15H19N3O3/c1-9-6-11(10(2)21-9)15(19)16-7-13-12-8-20-5-4-14(12)18(3)17-13/h6H,4-5,7-8H2,1-3H3,(H,16,19). The van der Waals surface area contributed by atoms with E-state index in [9.17, 15) is 4.79 Å². The Morgan fingerprint density at radius 1 is 1.48 bits per heavy atom. The minimum atomic E-state index is -0.138. The summed E-state index contributed by atoms with van der Waals surface area (Å²) in [6, 6.07) is 1.75. The van der Waals surface area contributed by atoms with Gasteiger partial charge in [-0.1, -0.05) is 0 Å². The second-order valence-corrected chi connectivity index (χ2v) is 5.31. The van der Waals surface area contributed by atoms with Gasteiger partial charge in [0.05, 0.1) is 31.0 Å². The van der Waals surface area contributed by atoms with Crippen molar-refractivity contribution in [2.75, 3.05) is 6.61 Å². The molecule has 1 aliphatic heterocycles. The van der Waals surface area contributed by atoms with Crippen LogP contribution in [0.4, 0.5) is 0 Å². The third-order valence-corrected chi connectivity index (χ3v) is 3.79. The second-order valence-electron chi connectivity index (χ2n) is 5.31. The first-order valence-electron chi connectivity index (χ1n) is 7.03. The van der Waals surface area contributed by atoms with E-state index < -0.39 is 0 Å². The van der Waals surface area contributed by atoms with Crippen LogP contribution in [0.5, 0.6) is 0 Å². The largest absolute Gasteiger partial charge is 0.466 e. The molecule has 21 heavy (non-hydrogen) atoms. The van der Waals surface area contributed by atoms with Crippen LogP contribution in [0, 0.1) is 13.8 Å². The maximum atomic E-state index is 12.2. The molecule has 2 aromatic rings. The lowest BCUT2D eigenvalue weighted by molar-refractivity contribution is 0.0946. The first kappa shape index (κ1) is 13.9. The Hall–Kier alpha value is -2.08. The number of nitrogens with zero attached hydrogens (tertiary/aromatic N) is 2. The van der Waals surface area contributed by atoms with Gasteiger partial charge in [0.2, 0.25) is 0 Å². The molecule has 0 fully saturated rings. The molecule has 3 heterocycles. The fraction of sp³-hybridized carbons (Fsp3) is 0.467. The van der Waals surface area contributed by atoms with Crippen molar-refractivity contribution in [3.8, 4) is 0 Å². The third kappa shape index (κ3) is 2.58. The van der Waals surface area contributed by atoms with E-state index in [0.29, 0.717) is 24.5 Å². The molecule has 0 radical (unpaired) electrons. The molecule has 112 valence electrons. The topological polar surface area (TPSA) is 69.3 Å². The lowest BCUT2D eigenvalue weighted by Crippen LogP contribution is -2.24. The summed E-state index contributed by atoms with van der Waals surface area (Å²) in [7, 11) is 1.93. The molecule has 0 unspecified atom stereocenters. The number of aryl methyl sites for hydroxylation is 3. The van der Waals surface area contributed by atoms with Gasteiger partial charge in [0.1, 0.15) is 11.5 Å². The SMILES string of the molecule is Cc1cc(C(=O)NCc2nn(C)c3c2COCC3)c(C)o1. The van der Waals surface area contributed by atoms with E-state index in [0.717, 1.165) is 30.0 Å². The van der Waals surface area contributed by atoms with Gasteiger partial charge >= 0.3 is 0 Å². The summed E-state index contributed by atoms with van der Waals surface area (Å²) in [5, 5.41) is 7.39. The highest BCUT2D eigenvalue weighted by molar-refractivity contribution is 5.95. The third-order valence-electron chi connectivity index (χ3n) is 3.79. The minimum Gasteiger partial charge on any atom is -0.466 e. The van der Waals surface area contributed by atoms with Crippen LogP contribution in [-0.2, 0) is 31.4 Å². The molecule has 0 aliphatic carbocycles. The number of carbonyl (C=O) groups excluding carboxylic acids is 1. The summed E-state index contributed by atoms with van der Waals surface area (Å²) in [5.74, 6) is 1.23. The predicted octanol–water partition coefficient (Wildman–Crippen LogP) is 1.63. The minimum absolute atomic E-state index is 0.138. The van der Waals surface area contributed by atoms with Crippen LogP contribution in [0.1, 0.15) is 38.8 Å². The Bertz CT molecular complexity index is 685. The molecular weight excluding hydrogens is 270 g/mol. The quantitative estimate of drug-likeness (QED) is 0.932. The summed E-state index contributed by atoms with van der Waals surface area (Å²) >= 11 is 0. The van der Waals surface area contributed by atoms with Crippen molar-refractivity contribution >= 4 is 5.91 Å². The number of furan rings is 1. The predicted molar refractivity (Wildman–Crippen MR) is 75.9 cm³/mol. The van der Waals surface area contributed by atoms with E-state index in [1.54, 1.807) is 13.0 Å². The van der Waals surface area contributed by atoms with Gasteiger partial charge in [-0.25, -0.2) is 0 Å². The molecule has 3 rings (SSSR count). The molecule has 0 saturated heterocycles. The molecule has 1 amide bonds. The molecule has 2 aromatic heterocycles. The number of carbonyl (C=O) groups is 1. The van der Waals surface area contributed by atoms with Crippen molar-refractivity contribution < 1.29 is 13.9 Å². The van der Waals surface area contributed by atoms with Crippen LogP contribution in [0.25, 0.3) is 0 Å². The van der Waals surface area contributed by atoms with Crippen molar-refractivity contribution in [3.63, 3.8) is 0 Å². The van der Waals surface area contributed by atoms with Crippen LogP contribution in [-0.4, -0.2) is 22.3 Å². The van der Waals surface area contributed by atoms with Crippen LogP contribution in [0.2, 0.25) is 0 Å². The van der Waals surface area contributed by atoms with Gasteiger partial charge in [-0.3, -0.25) is 9.48 Å². The van der Waals surface area contributed by atoms with Gasteiger partial charge in [-0.15, -0.1) is 0 Å². The number of nitrogens with one attached hydrogen (secondary N) is 1. The summed E-state index contributed by atoms with van der Waals surface area (Å²) in [6.45, 7) is 5.31. The summed E-state index contributed by atoms with van der Waals surface area (Å²) in [4.78, 5) is 12.2. The number of hydrogen-bond acceptors (Lipinski definition) is 4. The lowest BCUT2D eigenvalue weighted by atomic mass is 10.1. The highest BCUT2D eigenvalue weighted by atomic mass is 16.5. The molecule has 0 aromatic carbocycles. The van der Waals surface area contributed by atoms with Crippen LogP contribution >= 0.6 is 0 Å². The second kappa shape index (κ2) is 5.37. The Balaban J connectivity index is 1.73. The first-order valence-corrected chi connectivity index (χ1v) is 7.03. The zero-order chi connectivity index (χ0) is 15.0. The molecule has 0 bridgehead atoms. The Labute approximate surface area is 123 Å². The normalized spacial score (nSPS) is 14.0. The average Bonchev–Trinajstić information content (AvgIpc) is 2.97. The zero-order valence-electron chi connectivity index (χ0n) is 12.5. The highest BCUT2D eigenvalue weighted by Crippen LogP contribution is 2.20. The van der Waals surface area contributed by atoms with E-state index in [1.807, 2.05) is 18.7 Å². The van der Waals surface area contributed by atoms with Crippen LogP contribution < -0.4 is 5.32 Å². The average molecular weight is 289 g/mol. The van der Waals surface area contributed by atoms with Gasteiger partial charge in [-0.2, -0.15) is 5.10 Å². The van der Waals surface area contributed by atoms with Crippen molar-refractivity contribution in [2.45, 2.75) is 33.4 Å². The summed E-state index contributed by atoms with van der Waals surface area (Å²) in [6.07, 6.45) is 0.868. The number of ether oxygens (including phenoxy) is 1. The van der Waals surface area contributed by atoms with Crippen molar-refractivity contribution in [1.29, 1.82) is 0 Å². The van der Waals surface area contributed by atoms with Crippen LogP contribution in [0.3, 0.4) is 0 Å². The molecule has 6 heteroatoms. The monoisotopic (exact) mass is 289 g/mol. The Morgan fingerprint density at radius 3 is 3.00 bits per heavy atom. The van der Waals surface area contributed by atoms with E-state index in [2.05, 4.69) is 10.4 Å².